The van der Waals surface area contributed by atoms with Crippen LogP contribution in [-0.2, 0) is 10.3 Å². The van der Waals surface area contributed by atoms with Crippen molar-refractivity contribution in [3.8, 4) is 0 Å². The van der Waals surface area contributed by atoms with Crippen molar-refractivity contribution >= 4 is 21.8 Å². The summed E-state index contributed by atoms with van der Waals surface area (Å²) in [5.74, 6) is -0.792. The number of nitrogens with one attached hydrogen (secondary N) is 1. The highest BCUT2D eigenvalue weighted by molar-refractivity contribution is 9.10. The highest BCUT2D eigenvalue weighted by atomic mass is 79.9. The molecule has 2 rings (SSSR count). The van der Waals surface area contributed by atoms with Crippen LogP contribution in [0.15, 0.2) is 22.7 Å². The Labute approximate surface area is 127 Å². The van der Waals surface area contributed by atoms with E-state index in [4.69, 9.17) is 5.73 Å². The van der Waals surface area contributed by atoms with E-state index in [1.807, 2.05) is 0 Å². The fraction of sp³-hybridized carbons (Fsp3) is 0.533. The molecule has 1 aromatic rings. The van der Waals surface area contributed by atoms with Crippen LogP contribution in [-0.4, -0.2) is 11.9 Å². The lowest BCUT2D eigenvalue weighted by Gasteiger charge is -2.35. The maximum Gasteiger partial charge on any atom is 0.242 e. The minimum Gasteiger partial charge on any atom is -0.368 e. The van der Waals surface area contributed by atoms with Crippen LogP contribution in [0.25, 0.3) is 0 Å². The van der Waals surface area contributed by atoms with Crippen LogP contribution in [0.4, 0.5) is 4.39 Å². The Balaban J connectivity index is 2.27. The molecule has 3 nitrogen and oxygen atoms in total. The number of amides is 1. The molecular formula is C15H20BrFN2O. The quantitative estimate of drug-likeness (QED) is 0.882. The van der Waals surface area contributed by atoms with Crippen molar-refractivity contribution in [3.63, 3.8) is 0 Å². The molecule has 1 atom stereocenters. The Bertz CT molecular complexity index is 503. The average molecular weight is 343 g/mol. The van der Waals surface area contributed by atoms with E-state index < -0.39 is 11.4 Å². The minimum atomic E-state index is -0.974. The lowest BCUT2D eigenvalue weighted by Crippen LogP contribution is -2.54. The van der Waals surface area contributed by atoms with Crippen LogP contribution in [0, 0.1) is 5.82 Å². The number of nitrogens with two attached hydrogens (primary N) is 1. The molecule has 0 saturated heterocycles. The van der Waals surface area contributed by atoms with Gasteiger partial charge in [0.2, 0.25) is 5.91 Å². The Morgan fingerprint density at radius 1 is 1.40 bits per heavy atom. The molecule has 1 amide bonds. The van der Waals surface area contributed by atoms with Crippen molar-refractivity contribution < 1.29 is 9.18 Å². The third-order valence-electron chi connectivity index (χ3n) is 4.09. The van der Waals surface area contributed by atoms with E-state index in [9.17, 15) is 9.18 Å². The molecule has 20 heavy (non-hydrogen) atoms. The van der Waals surface area contributed by atoms with Crippen LogP contribution in [0.5, 0.6) is 0 Å². The predicted molar refractivity (Wildman–Crippen MR) is 80.7 cm³/mol. The summed E-state index contributed by atoms with van der Waals surface area (Å²) in [6.45, 7) is 1.77. The summed E-state index contributed by atoms with van der Waals surface area (Å²) in [4.78, 5) is 11.9. The number of halogens is 2. The van der Waals surface area contributed by atoms with Gasteiger partial charge in [0.15, 0.2) is 0 Å². The second-order valence-corrected chi connectivity index (χ2v) is 6.45. The first-order valence-corrected chi connectivity index (χ1v) is 7.76. The molecular weight excluding hydrogens is 323 g/mol. The van der Waals surface area contributed by atoms with Crippen LogP contribution < -0.4 is 11.1 Å². The molecule has 1 unspecified atom stereocenters. The Morgan fingerprint density at radius 3 is 2.60 bits per heavy atom. The molecule has 0 aromatic heterocycles. The van der Waals surface area contributed by atoms with E-state index >= 15 is 0 Å². The molecule has 0 spiro atoms. The fourth-order valence-corrected chi connectivity index (χ4v) is 3.14. The van der Waals surface area contributed by atoms with Crippen molar-refractivity contribution in [2.45, 2.75) is 50.6 Å². The number of primary amides is 1. The molecule has 5 heteroatoms. The van der Waals surface area contributed by atoms with Gasteiger partial charge in [-0.15, -0.1) is 0 Å². The number of carbonyl (C=O) groups excluding carboxylic acids is 1. The zero-order valence-electron chi connectivity index (χ0n) is 11.6. The molecule has 1 aromatic carbocycles. The molecule has 0 aliphatic heterocycles. The van der Waals surface area contributed by atoms with Crippen molar-refractivity contribution in [2.75, 3.05) is 0 Å². The van der Waals surface area contributed by atoms with E-state index in [-0.39, 0.29) is 11.9 Å². The van der Waals surface area contributed by atoms with Gasteiger partial charge >= 0.3 is 0 Å². The van der Waals surface area contributed by atoms with Gasteiger partial charge in [0.25, 0.3) is 0 Å². The molecule has 1 aliphatic rings. The monoisotopic (exact) mass is 342 g/mol. The van der Waals surface area contributed by atoms with Crippen LogP contribution in [0.3, 0.4) is 0 Å². The van der Waals surface area contributed by atoms with Crippen molar-refractivity contribution in [3.05, 3.63) is 34.1 Å². The molecule has 0 bridgehead atoms. The standard InChI is InChI=1S/C15H20BrFN2O/c1-15(14(18)20,19-11-5-3-2-4-6-11)10-7-8-13(17)12(16)9-10/h7-9,11,19H,2-6H2,1H3,(H2,18,20). The summed E-state index contributed by atoms with van der Waals surface area (Å²) < 4.78 is 13.7. The third-order valence-corrected chi connectivity index (χ3v) is 4.70. The third kappa shape index (κ3) is 3.20. The number of hydrogen-bond donors (Lipinski definition) is 2. The maximum atomic E-state index is 13.4. The first-order valence-electron chi connectivity index (χ1n) is 6.96. The predicted octanol–water partition coefficient (Wildman–Crippen LogP) is 3.21. The Kier molecular flexibility index (Phi) is 4.81. The van der Waals surface area contributed by atoms with E-state index in [0.29, 0.717) is 10.0 Å². The summed E-state index contributed by atoms with van der Waals surface area (Å²) in [6.07, 6.45) is 5.67. The van der Waals surface area contributed by atoms with E-state index in [2.05, 4.69) is 21.2 Å². The molecule has 1 aliphatic carbocycles. The van der Waals surface area contributed by atoms with Gasteiger partial charge < -0.3 is 5.73 Å². The largest absolute Gasteiger partial charge is 0.368 e. The maximum absolute atomic E-state index is 13.4. The second-order valence-electron chi connectivity index (χ2n) is 5.60. The van der Waals surface area contributed by atoms with Gasteiger partial charge in [0, 0.05) is 6.04 Å². The normalized spacial score (nSPS) is 19.6. The summed E-state index contributed by atoms with van der Waals surface area (Å²) >= 11 is 3.16. The van der Waals surface area contributed by atoms with Gasteiger partial charge in [-0.25, -0.2) is 4.39 Å². The minimum absolute atomic E-state index is 0.282. The van der Waals surface area contributed by atoms with Crippen molar-refractivity contribution in [1.82, 2.24) is 5.32 Å². The van der Waals surface area contributed by atoms with Crippen LogP contribution in [0.2, 0.25) is 0 Å². The van der Waals surface area contributed by atoms with E-state index in [1.165, 1.54) is 25.3 Å². The smallest absolute Gasteiger partial charge is 0.242 e. The van der Waals surface area contributed by atoms with E-state index in [1.54, 1.807) is 19.1 Å². The van der Waals surface area contributed by atoms with Crippen LogP contribution >= 0.6 is 15.9 Å². The Morgan fingerprint density at radius 2 is 2.05 bits per heavy atom. The summed E-state index contributed by atoms with van der Waals surface area (Å²) in [5.41, 5.74) is 5.31. The van der Waals surface area contributed by atoms with Gasteiger partial charge in [-0.3, -0.25) is 10.1 Å². The first-order chi connectivity index (χ1) is 9.43. The molecule has 1 saturated carbocycles. The number of hydrogen-bond acceptors (Lipinski definition) is 2. The highest BCUT2D eigenvalue weighted by Gasteiger charge is 2.36. The van der Waals surface area contributed by atoms with Gasteiger partial charge in [0.05, 0.1) is 4.47 Å². The molecule has 1 fully saturated rings. The van der Waals surface area contributed by atoms with Crippen LogP contribution in [0.1, 0.15) is 44.6 Å². The fourth-order valence-electron chi connectivity index (χ4n) is 2.76. The zero-order chi connectivity index (χ0) is 14.8. The average Bonchev–Trinajstić information content (AvgIpc) is 2.42. The second kappa shape index (κ2) is 6.22. The summed E-state index contributed by atoms with van der Waals surface area (Å²) in [7, 11) is 0. The number of benzene rings is 1. The van der Waals surface area contributed by atoms with E-state index in [0.717, 1.165) is 12.8 Å². The molecule has 3 N–H and O–H groups in total. The van der Waals surface area contributed by atoms with Crippen molar-refractivity contribution in [2.24, 2.45) is 5.73 Å². The van der Waals surface area contributed by atoms with Gasteiger partial charge in [-0.1, -0.05) is 25.3 Å². The van der Waals surface area contributed by atoms with Gasteiger partial charge in [-0.05, 0) is 53.4 Å². The zero-order valence-corrected chi connectivity index (χ0v) is 13.2. The molecule has 0 radical (unpaired) electrons. The summed E-state index contributed by atoms with van der Waals surface area (Å²) in [5, 5.41) is 3.38. The SMILES string of the molecule is CC(NC1CCCCC1)(C(N)=O)c1ccc(F)c(Br)c1. The number of carbonyl (C=O) groups is 1. The van der Waals surface area contributed by atoms with Gasteiger partial charge in [0.1, 0.15) is 11.4 Å². The lowest BCUT2D eigenvalue weighted by atomic mass is 9.87. The first kappa shape index (κ1) is 15.4. The topological polar surface area (TPSA) is 55.1 Å². The van der Waals surface area contributed by atoms with Gasteiger partial charge in [-0.2, -0.15) is 0 Å². The highest BCUT2D eigenvalue weighted by Crippen LogP contribution is 2.28. The Hall–Kier alpha value is -0.940. The molecule has 0 heterocycles. The lowest BCUT2D eigenvalue weighted by molar-refractivity contribution is -0.124. The van der Waals surface area contributed by atoms with Crippen molar-refractivity contribution in [1.29, 1.82) is 0 Å². The molecule has 110 valence electrons. The summed E-state index contributed by atoms with van der Waals surface area (Å²) in [6, 6.07) is 4.87. The number of rotatable bonds is 4.